The number of carboxylic acids is 1. The molecule has 5 nitrogen and oxygen atoms in total. The molecule has 0 bridgehead atoms. The molecule has 0 aliphatic rings. The maximum Gasteiger partial charge on any atom is 0.315 e. The second-order valence-corrected chi connectivity index (χ2v) is 4.40. The van der Waals surface area contributed by atoms with Crippen molar-refractivity contribution in [2.45, 2.75) is 39.2 Å². The minimum Gasteiger partial charge on any atom is -0.549 e. The van der Waals surface area contributed by atoms with Crippen molar-refractivity contribution in [3.8, 4) is 0 Å². The molecule has 0 radical (unpaired) electrons. The molecule has 0 aromatic carbocycles. The predicted molar refractivity (Wildman–Crippen MR) is 51.3 cm³/mol. The van der Waals surface area contributed by atoms with E-state index in [2.05, 4.69) is 5.73 Å². The van der Waals surface area contributed by atoms with Crippen molar-refractivity contribution in [3.05, 3.63) is 0 Å². The zero-order valence-electron chi connectivity index (χ0n) is 9.54. The Bertz CT molecular complexity index is 232. The van der Waals surface area contributed by atoms with Gasteiger partial charge in [-0.05, 0) is 33.6 Å². The Morgan fingerprint density at radius 2 is 1.93 bits per heavy atom. The van der Waals surface area contributed by atoms with E-state index in [1.165, 1.54) is 0 Å². The smallest absolute Gasteiger partial charge is 0.315 e. The van der Waals surface area contributed by atoms with Gasteiger partial charge in [-0.15, -0.1) is 0 Å². The van der Waals surface area contributed by atoms with Gasteiger partial charge in [-0.1, -0.05) is 0 Å². The van der Waals surface area contributed by atoms with Gasteiger partial charge in [-0.3, -0.25) is 4.79 Å². The molecular formula is C10H19NO4. The number of carboxylic acid groups (broad SMARTS) is 1. The van der Waals surface area contributed by atoms with E-state index in [4.69, 9.17) is 4.74 Å². The number of esters is 1. The molecule has 0 heterocycles. The summed E-state index contributed by atoms with van der Waals surface area (Å²) < 4.78 is 4.98. The molecule has 0 aromatic heterocycles. The number of aliphatic carboxylic acids is 1. The van der Waals surface area contributed by atoms with Gasteiger partial charge in [-0.25, -0.2) is 0 Å². The summed E-state index contributed by atoms with van der Waals surface area (Å²) >= 11 is 0. The maximum absolute atomic E-state index is 11.4. The molecule has 0 unspecified atom stereocenters. The van der Waals surface area contributed by atoms with Crippen LogP contribution < -0.4 is 10.8 Å². The number of hydrogen-bond acceptors (Lipinski definition) is 4. The topological polar surface area (TPSA) is 94.1 Å². The SMILES string of the molecule is CC(C)(C)OC(=O)[C@H](CCC[NH3+])C(=O)[O-]. The molecule has 15 heavy (non-hydrogen) atoms. The minimum absolute atomic E-state index is 0.223. The Hall–Kier alpha value is -1.10. The lowest BCUT2D eigenvalue weighted by atomic mass is 10.0. The maximum atomic E-state index is 11.4. The van der Waals surface area contributed by atoms with Gasteiger partial charge in [0.25, 0.3) is 0 Å². The van der Waals surface area contributed by atoms with Gasteiger partial charge < -0.3 is 20.4 Å². The Morgan fingerprint density at radius 3 is 2.27 bits per heavy atom. The molecule has 0 fully saturated rings. The van der Waals surface area contributed by atoms with Crippen LogP contribution in [0, 0.1) is 5.92 Å². The van der Waals surface area contributed by atoms with E-state index in [0.29, 0.717) is 13.0 Å². The lowest BCUT2D eigenvalue weighted by Gasteiger charge is -2.24. The van der Waals surface area contributed by atoms with Crippen LogP contribution in [0.2, 0.25) is 0 Å². The number of hydrogen-bond donors (Lipinski definition) is 1. The highest BCUT2D eigenvalue weighted by Crippen LogP contribution is 2.14. The number of ether oxygens (including phenoxy) is 1. The van der Waals surface area contributed by atoms with Crippen molar-refractivity contribution in [2.75, 3.05) is 6.54 Å². The van der Waals surface area contributed by atoms with Gasteiger partial charge in [-0.2, -0.15) is 0 Å². The first-order valence-corrected chi connectivity index (χ1v) is 5.01. The number of quaternary nitrogens is 1. The van der Waals surface area contributed by atoms with Gasteiger partial charge in [0.05, 0.1) is 18.4 Å². The quantitative estimate of drug-likeness (QED) is 0.458. The van der Waals surface area contributed by atoms with Gasteiger partial charge in [0.1, 0.15) is 5.60 Å². The number of rotatable bonds is 5. The summed E-state index contributed by atoms with van der Waals surface area (Å²) in [7, 11) is 0. The van der Waals surface area contributed by atoms with Gasteiger partial charge >= 0.3 is 5.97 Å². The van der Waals surface area contributed by atoms with Crippen LogP contribution >= 0.6 is 0 Å². The van der Waals surface area contributed by atoms with Crippen molar-refractivity contribution in [3.63, 3.8) is 0 Å². The molecule has 0 aromatic rings. The van der Waals surface area contributed by atoms with Crippen LogP contribution in [0.5, 0.6) is 0 Å². The van der Waals surface area contributed by atoms with E-state index < -0.39 is 23.5 Å². The summed E-state index contributed by atoms with van der Waals surface area (Å²) in [5, 5.41) is 10.7. The lowest BCUT2D eigenvalue weighted by Crippen LogP contribution is -2.50. The molecule has 0 rings (SSSR count). The summed E-state index contributed by atoms with van der Waals surface area (Å²) in [6, 6.07) is 0. The van der Waals surface area contributed by atoms with Crippen molar-refractivity contribution in [2.24, 2.45) is 5.92 Å². The normalized spacial score (nSPS) is 13.3. The van der Waals surface area contributed by atoms with E-state index in [1.54, 1.807) is 20.8 Å². The van der Waals surface area contributed by atoms with Crippen LogP contribution in [0.4, 0.5) is 0 Å². The van der Waals surface area contributed by atoms with Crippen LogP contribution in [-0.4, -0.2) is 24.1 Å². The van der Waals surface area contributed by atoms with E-state index in [0.717, 1.165) is 0 Å². The van der Waals surface area contributed by atoms with Crippen LogP contribution in [0.15, 0.2) is 0 Å². The number of carbonyl (C=O) groups excluding carboxylic acids is 2. The van der Waals surface area contributed by atoms with Gasteiger partial charge in [0.2, 0.25) is 0 Å². The average Bonchev–Trinajstić information content (AvgIpc) is 2.00. The van der Waals surface area contributed by atoms with Crippen molar-refractivity contribution in [1.29, 1.82) is 0 Å². The third-order valence-electron chi connectivity index (χ3n) is 1.72. The summed E-state index contributed by atoms with van der Waals surface area (Å²) in [6.07, 6.45) is 0.790. The molecule has 1 atom stereocenters. The van der Waals surface area contributed by atoms with Crippen LogP contribution in [0.25, 0.3) is 0 Å². The fourth-order valence-corrected chi connectivity index (χ4v) is 1.05. The van der Waals surface area contributed by atoms with Crippen LogP contribution in [0.1, 0.15) is 33.6 Å². The first-order chi connectivity index (χ1) is 6.78. The third-order valence-corrected chi connectivity index (χ3v) is 1.72. The average molecular weight is 217 g/mol. The Balaban J connectivity index is 4.36. The molecule has 88 valence electrons. The fraction of sp³-hybridized carbons (Fsp3) is 0.800. The van der Waals surface area contributed by atoms with E-state index in [9.17, 15) is 14.7 Å². The van der Waals surface area contributed by atoms with E-state index in [-0.39, 0.29) is 6.42 Å². The monoisotopic (exact) mass is 217 g/mol. The molecule has 5 heteroatoms. The van der Waals surface area contributed by atoms with Crippen LogP contribution in [0.3, 0.4) is 0 Å². The highest BCUT2D eigenvalue weighted by molar-refractivity contribution is 5.93. The molecule has 0 aliphatic heterocycles. The number of carbonyl (C=O) groups is 2. The summed E-state index contributed by atoms with van der Waals surface area (Å²) in [5.74, 6) is -3.28. The van der Waals surface area contributed by atoms with Gasteiger partial charge in [0, 0.05) is 0 Å². The highest BCUT2D eigenvalue weighted by Gasteiger charge is 2.25. The predicted octanol–water partition coefficient (Wildman–Crippen LogP) is -1.28. The van der Waals surface area contributed by atoms with Gasteiger partial charge in [0.15, 0.2) is 0 Å². The summed E-state index contributed by atoms with van der Waals surface area (Å²) in [6.45, 7) is 5.67. The zero-order valence-corrected chi connectivity index (χ0v) is 9.54. The Kier molecular flexibility index (Phi) is 5.28. The molecule has 0 amide bonds. The van der Waals surface area contributed by atoms with Crippen molar-refractivity contribution >= 4 is 11.9 Å². The van der Waals surface area contributed by atoms with Crippen molar-refractivity contribution < 1.29 is 25.2 Å². The lowest BCUT2D eigenvalue weighted by molar-refractivity contribution is -0.368. The standard InChI is InChI=1S/C10H19NO4/c1-10(2,3)15-9(14)7(8(12)13)5-4-6-11/h7H,4-6,11H2,1-3H3,(H,12,13)/t7-/m1/s1. The Labute approximate surface area is 89.6 Å². The summed E-state index contributed by atoms with van der Waals surface area (Å²) in [5.41, 5.74) is 2.91. The van der Waals surface area contributed by atoms with Crippen LogP contribution in [-0.2, 0) is 14.3 Å². The fourth-order valence-electron chi connectivity index (χ4n) is 1.05. The zero-order chi connectivity index (χ0) is 12.1. The summed E-state index contributed by atoms with van der Waals surface area (Å²) in [4.78, 5) is 22.1. The Morgan fingerprint density at radius 1 is 1.40 bits per heavy atom. The first kappa shape index (κ1) is 13.9. The molecule has 0 saturated carbocycles. The molecular weight excluding hydrogens is 198 g/mol. The second-order valence-electron chi connectivity index (χ2n) is 4.40. The highest BCUT2D eigenvalue weighted by atomic mass is 16.6. The van der Waals surface area contributed by atoms with E-state index >= 15 is 0 Å². The molecule has 0 saturated heterocycles. The van der Waals surface area contributed by atoms with E-state index in [1.807, 2.05) is 0 Å². The largest absolute Gasteiger partial charge is 0.549 e. The second kappa shape index (κ2) is 5.70. The molecule has 3 N–H and O–H groups in total. The van der Waals surface area contributed by atoms with Crippen molar-refractivity contribution in [1.82, 2.24) is 0 Å². The molecule has 0 aliphatic carbocycles. The third kappa shape index (κ3) is 6.06. The molecule has 0 spiro atoms. The first-order valence-electron chi connectivity index (χ1n) is 5.01. The minimum atomic E-state index is -1.38.